The van der Waals surface area contributed by atoms with Crippen molar-refractivity contribution < 1.29 is 24.2 Å². The van der Waals surface area contributed by atoms with Crippen LogP contribution in [0.2, 0.25) is 0 Å². The van der Waals surface area contributed by atoms with E-state index in [4.69, 9.17) is 14.6 Å². The Hall–Kier alpha value is -1.30. The molecule has 6 nitrogen and oxygen atoms in total. The van der Waals surface area contributed by atoms with Crippen LogP contribution in [0.5, 0.6) is 0 Å². The molecule has 2 atom stereocenters. The summed E-state index contributed by atoms with van der Waals surface area (Å²) in [6.07, 6.45) is 0.0572. The second-order valence-electron chi connectivity index (χ2n) is 5.47. The Balaban J connectivity index is 2.54. The summed E-state index contributed by atoms with van der Waals surface area (Å²) in [5.74, 6) is -0.906. The van der Waals surface area contributed by atoms with Crippen molar-refractivity contribution in [3.63, 3.8) is 0 Å². The fourth-order valence-electron chi connectivity index (χ4n) is 1.85. The predicted octanol–water partition coefficient (Wildman–Crippen LogP) is 1.39. The van der Waals surface area contributed by atoms with E-state index in [-0.39, 0.29) is 12.3 Å². The van der Waals surface area contributed by atoms with Gasteiger partial charge in [0.05, 0.1) is 13.0 Å². The summed E-state index contributed by atoms with van der Waals surface area (Å²) < 4.78 is 10.3. The number of rotatable bonds is 4. The number of carbonyl (C=O) groups is 2. The standard InChI is InChI=1S/C12H21NO5/c1-12(2,3)18-11(16)13-9(6-10(14)15)8-4-5-17-7-8/h8-9H,4-7H2,1-3H3,(H,13,16)(H,14,15)/t8?,9-/m0/s1. The smallest absolute Gasteiger partial charge is 0.407 e. The van der Waals surface area contributed by atoms with Crippen LogP contribution >= 0.6 is 0 Å². The van der Waals surface area contributed by atoms with Crippen molar-refractivity contribution in [2.24, 2.45) is 5.92 Å². The lowest BCUT2D eigenvalue weighted by atomic mass is 9.96. The Morgan fingerprint density at radius 2 is 2.17 bits per heavy atom. The lowest BCUT2D eigenvalue weighted by molar-refractivity contribution is -0.137. The van der Waals surface area contributed by atoms with Gasteiger partial charge >= 0.3 is 12.1 Å². The molecule has 0 aromatic rings. The van der Waals surface area contributed by atoms with Crippen LogP contribution < -0.4 is 5.32 Å². The molecule has 2 N–H and O–H groups in total. The first-order valence-corrected chi connectivity index (χ1v) is 6.07. The zero-order chi connectivity index (χ0) is 13.8. The van der Waals surface area contributed by atoms with Gasteiger partial charge in [0.25, 0.3) is 0 Å². The molecular weight excluding hydrogens is 238 g/mol. The van der Waals surface area contributed by atoms with Crippen LogP contribution in [0.25, 0.3) is 0 Å². The molecule has 1 heterocycles. The molecule has 18 heavy (non-hydrogen) atoms. The molecule has 1 saturated heterocycles. The van der Waals surface area contributed by atoms with Crippen LogP contribution in [-0.4, -0.2) is 42.0 Å². The minimum atomic E-state index is -0.942. The molecule has 1 aliphatic rings. The van der Waals surface area contributed by atoms with Gasteiger partial charge in [-0.25, -0.2) is 4.79 Å². The van der Waals surface area contributed by atoms with Gasteiger partial charge in [-0.3, -0.25) is 4.79 Å². The van der Waals surface area contributed by atoms with E-state index in [1.165, 1.54) is 0 Å². The Morgan fingerprint density at radius 1 is 1.50 bits per heavy atom. The normalized spacial score (nSPS) is 21.4. The van der Waals surface area contributed by atoms with E-state index in [1.807, 2.05) is 0 Å². The van der Waals surface area contributed by atoms with Gasteiger partial charge in [0.1, 0.15) is 5.60 Å². The molecule has 0 bridgehead atoms. The van der Waals surface area contributed by atoms with Crippen LogP contribution in [0.1, 0.15) is 33.6 Å². The van der Waals surface area contributed by atoms with Crippen molar-refractivity contribution in [3.8, 4) is 0 Å². The maximum Gasteiger partial charge on any atom is 0.407 e. The van der Waals surface area contributed by atoms with Crippen molar-refractivity contribution in [2.45, 2.75) is 45.3 Å². The van der Waals surface area contributed by atoms with Crippen LogP contribution in [0.4, 0.5) is 4.79 Å². The number of carboxylic acids is 1. The summed E-state index contributed by atoms with van der Waals surface area (Å²) in [6.45, 7) is 6.37. The van der Waals surface area contributed by atoms with E-state index in [9.17, 15) is 9.59 Å². The minimum absolute atomic E-state index is 0.0358. The number of hydrogen-bond acceptors (Lipinski definition) is 4. The summed E-state index contributed by atoms with van der Waals surface area (Å²) in [6, 6.07) is -0.445. The third kappa shape index (κ3) is 5.35. The number of hydrogen-bond donors (Lipinski definition) is 2. The molecule has 6 heteroatoms. The van der Waals surface area contributed by atoms with Crippen molar-refractivity contribution in [1.82, 2.24) is 5.32 Å². The SMILES string of the molecule is CC(C)(C)OC(=O)N[C@@H](CC(=O)O)C1CCOC1. The molecular formula is C12H21NO5. The summed E-state index contributed by atoms with van der Waals surface area (Å²) in [7, 11) is 0. The van der Waals surface area contributed by atoms with Gasteiger partial charge in [-0.05, 0) is 27.2 Å². The maximum absolute atomic E-state index is 11.6. The number of amides is 1. The zero-order valence-electron chi connectivity index (χ0n) is 11.1. The number of alkyl carbamates (subject to hydrolysis) is 1. The lowest BCUT2D eigenvalue weighted by Crippen LogP contribution is -2.44. The first-order chi connectivity index (χ1) is 8.28. The number of carboxylic acid groups (broad SMARTS) is 1. The Morgan fingerprint density at radius 3 is 2.61 bits per heavy atom. The van der Waals surface area contributed by atoms with Crippen molar-refractivity contribution in [2.75, 3.05) is 13.2 Å². The highest BCUT2D eigenvalue weighted by Crippen LogP contribution is 2.19. The summed E-state index contributed by atoms with van der Waals surface area (Å²) in [5, 5.41) is 11.5. The largest absolute Gasteiger partial charge is 0.481 e. The zero-order valence-corrected chi connectivity index (χ0v) is 11.1. The average Bonchev–Trinajstić information content (AvgIpc) is 2.64. The van der Waals surface area contributed by atoms with Gasteiger partial charge < -0.3 is 19.9 Å². The van der Waals surface area contributed by atoms with E-state index in [0.717, 1.165) is 6.42 Å². The second kappa shape index (κ2) is 6.04. The maximum atomic E-state index is 11.6. The van der Waals surface area contributed by atoms with Crippen molar-refractivity contribution in [3.05, 3.63) is 0 Å². The highest BCUT2D eigenvalue weighted by Gasteiger charge is 2.30. The molecule has 1 fully saturated rings. The first-order valence-electron chi connectivity index (χ1n) is 6.07. The molecule has 0 radical (unpaired) electrons. The van der Waals surface area contributed by atoms with Gasteiger partial charge in [0.15, 0.2) is 0 Å². The predicted molar refractivity (Wildman–Crippen MR) is 64.3 cm³/mol. The third-order valence-corrected chi connectivity index (χ3v) is 2.63. The second-order valence-corrected chi connectivity index (χ2v) is 5.47. The highest BCUT2D eigenvalue weighted by molar-refractivity contribution is 5.71. The topological polar surface area (TPSA) is 84.9 Å². The molecule has 1 amide bonds. The molecule has 0 aromatic heterocycles. The van der Waals surface area contributed by atoms with Gasteiger partial charge in [0.2, 0.25) is 0 Å². The van der Waals surface area contributed by atoms with Gasteiger partial charge in [-0.1, -0.05) is 0 Å². The van der Waals surface area contributed by atoms with Crippen LogP contribution in [0.15, 0.2) is 0 Å². The molecule has 0 saturated carbocycles. The Labute approximate surface area is 107 Å². The Kier molecular flexibility index (Phi) is 4.95. The van der Waals surface area contributed by atoms with E-state index in [1.54, 1.807) is 20.8 Å². The Bertz CT molecular complexity index is 304. The van der Waals surface area contributed by atoms with Gasteiger partial charge in [-0.2, -0.15) is 0 Å². The molecule has 0 spiro atoms. The van der Waals surface area contributed by atoms with E-state index >= 15 is 0 Å². The van der Waals surface area contributed by atoms with Crippen LogP contribution in [-0.2, 0) is 14.3 Å². The molecule has 1 unspecified atom stereocenters. The van der Waals surface area contributed by atoms with Crippen LogP contribution in [0, 0.1) is 5.92 Å². The van der Waals surface area contributed by atoms with Crippen molar-refractivity contribution in [1.29, 1.82) is 0 Å². The van der Waals surface area contributed by atoms with E-state index in [2.05, 4.69) is 5.32 Å². The molecule has 0 aromatic carbocycles. The number of aliphatic carboxylic acids is 1. The number of ether oxygens (including phenoxy) is 2. The number of carbonyl (C=O) groups excluding carboxylic acids is 1. The minimum Gasteiger partial charge on any atom is -0.481 e. The van der Waals surface area contributed by atoms with Gasteiger partial charge in [0, 0.05) is 18.6 Å². The first kappa shape index (κ1) is 14.8. The molecule has 1 rings (SSSR count). The molecule has 0 aliphatic carbocycles. The number of nitrogens with one attached hydrogen (secondary N) is 1. The van der Waals surface area contributed by atoms with E-state index in [0.29, 0.717) is 13.2 Å². The third-order valence-electron chi connectivity index (χ3n) is 2.63. The van der Waals surface area contributed by atoms with Gasteiger partial charge in [-0.15, -0.1) is 0 Å². The van der Waals surface area contributed by atoms with Crippen LogP contribution in [0.3, 0.4) is 0 Å². The average molecular weight is 259 g/mol. The van der Waals surface area contributed by atoms with Crippen molar-refractivity contribution >= 4 is 12.1 Å². The fraction of sp³-hybridized carbons (Fsp3) is 0.833. The molecule has 1 aliphatic heterocycles. The summed E-state index contributed by atoms with van der Waals surface area (Å²) in [4.78, 5) is 22.4. The quantitative estimate of drug-likeness (QED) is 0.797. The highest BCUT2D eigenvalue weighted by atomic mass is 16.6. The van der Waals surface area contributed by atoms with E-state index < -0.39 is 23.7 Å². The lowest BCUT2D eigenvalue weighted by Gasteiger charge is -2.25. The molecule has 104 valence electrons. The monoisotopic (exact) mass is 259 g/mol. The summed E-state index contributed by atoms with van der Waals surface area (Å²) in [5.41, 5.74) is -0.593. The fourth-order valence-corrected chi connectivity index (χ4v) is 1.85. The summed E-state index contributed by atoms with van der Waals surface area (Å²) >= 11 is 0.